The highest BCUT2D eigenvalue weighted by atomic mass is 32.2. The van der Waals surface area contributed by atoms with E-state index in [0.717, 1.165) is 43.8 Å². The molecule has 1 amide bonds. The Morgan fingerprint density at radius 2 is 2.13 bits per heavy atom. The fraction of sp³-hybridized carbons (Fsp3) is 0.909. The van der Waals surface area contributed by atoms with Gasteiger partial charge in [0, 0.05) is 19.1 Å². The van der Waals surface area contributed by atoms with Crippen molar-refractivity contribution in [1.29, 1.82) is 0 Å². The van der Waals surface area contributed by atoms with Crippen LogP contribution in [-0.2, 0) is 9.53 Å². The summed E-state index contributed by atoms with van der Waals surface area (Å²) in [6.45, 7) is 1.57. The van der Waals surface area contributed by atoms with Gasteiger partial charge < -0.3 is 10.1 Å². The Morgan fingerprint density at radius 3 is 2.80 bits per heavy atom. The van der Waals surface area contributed by atoms with Crippen LogP contribution in [0.2, 0.25) is 0 Å². The van der Waals surface area contributed by atoms with E-state index in [1.807, 2.05) is 11.8 Å². The van der Waals surface area contributed by atoms with Crippen LogP contribution >= 0.6 is 11.8 Å². The van der Waals surface area contributed by atoms with Gasteiger partial charge in [0.2, 0.25) is 5.91 Å². The minimum absolute atomic E-state index is 0.241. The molecule has 1 N–H and O–H groups in total. The highest BCUT2D eigenvalue weighted by Gasteiger charge is 2.22. The standard InChI is InChI=1S/C11H19NO2S/c13-11(9-3-6-15-7-4-9)12-8-10-2-1-5-14-10/h9-10H,1-8H2,(H,12,13). The number of nitrogens with one attached hydrogen (secondary N) is 1. The van der Waals surface area contributed by atoms with Crippen molar-refractivity contribution in [3.63, 3.8) is 0 Å². The number of hydrogen-bond acceptors (Lipinski definition) is 3. The van der Waals surface area contributed by atoms with Crippen molar-refractivity contribution in [2.45, 2.75) is 31.8 Å². The van der Waals surface area contributed by atoms with Crippen molar-refractivity contribution in [1.82, 2.24) is 5.32 Å². The van der Waals surface area contributed by atoms with Crippen molar-refractivity contribution < 1.29 is 9.53 Å². The molecule has 0 aliphatic carbocycles. The maximum atomic E-state index is 11.8. The van der Waals surface area contributed by atoms with Gasteiger partial charge in [-0.05, 0) is 37.2 Å². The van der Waals surface area contributed by atoms with Gasteiger partial charge in [0.05, 0.1) is 6.10 Å². The SMILES string of the molecule is O=C(NCC1CCCO1)C1CCSCC1. The normalized spacial score (nSPS) is 27.9. The molecule has 2 aliphatic rings. The van der Waals surface area contributed by atoms with E-state index in [-0.39, 0.29) is 17.9 Å². The van der Waals surface area contributed by atoms with E-state index in [1.165, 1.54) is 0 Å². The predicted molar refractivity (Wildman–Crippen MR) is 62.0 cm³/mol. The summed E-state index contributed by atoms with van der Waals surface area (Å²) in [6.07, 6.45) is 4.60. The van der Waals surface area contributed by atoms with Crippen LogP contribution in [0.1, 0.15) is 25.7 Å². The molecule has 86 valence electrons. The van der Waals surface area contributed by atoms with E-state index < -0.39 is 0 Å². The smallest absolute Gasteiger partial charge is 0.223 e. The maximum absolute atomic E-state index is 11.8. The molecule has 15 heavy (non-hydrogen) atoms. The highest BCUT2D eigenvalue weighted by Crippen LogP contribution is 2.22. The molecule has 0 aromatic heterocycles. The van der Waals surface area contributed by atoms with Gasteiger partial charge >= 0.3 is 0 Å². The fourth-order valence-electron chi connectivity index (χ4n) is 2.12. The predicted octanol–water partition coefficient (Wildman–Crippen LogP) is 1.42. The Hall–Kier alpha value is -0.220. The first-order chi connectivity index (χ1) is 7.36. The first-order valence-electron chi connectivity index (χ1n) is 5.83. The average molecular weight is 229 g/mol. The third-order valence-electron chi connectivity index (χ3n) is 3.12. The number of thioether (sulfide) groups is 1. The van der Waals surface area contributed by atoms with E-state index in [9.17, 15) is 4.79 Å². The quantitative estimate of drug-likeness (QED) is 0.795. The zero-order chi connectivity index (χ0) is 10.5. The lowest BCUT2D eigenvalue weighted by Gasteiger charge is -2.21. The lowest BCUT2D eigenvalue weighted by Crippen LogP contribution is -2.37. The molecule has 0 spiro atoms. The van der Waals surface area contributed by atoms with E-state index in [4.69, 9.17) is 4.74 Å². The van der Waals surface area contributed by atoms with Gasteiger partial charge in [-0.15, -0.1) is 0 Å². The minimum Gasteiger partial charge on any atom is -0.376 e. The Kier molecular flexibility index (Phi) is 4.32. The molecule has 0 bridgehead atoms. The Balaban J connectivity index is 1.66. The molecule has 3 nitrogen and oxygen atoms in total. The second-order valence-electron chi connectivity index (χ2n) is 4.27. The van der Waals surface area contributed by atoms with Gasteiger partial charge in [-0.1, -0.05) is 0 Å². The summed E-state index contributed by atoms with van der Waals surface area (Å²) in [4.78, 5) is 11.8. The first kappa shape index (κ1) is 11.3. The Morgan fingerprint density at radius 1 is 1.33 bits per heavy atom. The summed E-state index contributed by atoms with van der Waals surface area (Å²) in [5, 5.41) is 3.02. The summed E-state index contributed by atoms with van der Waals surface area (Å²) >= 11 is 1.95. The van der Waals surface area contributed by atoms with Crippen LogP contribution in [0.15, 0.2) is 0 Å². The van der Waals surface area contributed by atoms with E-state index >= 15 is 0 Å². The Labute approximate surface area is 95.3 Å². The number of carbonyl (C=O) groups is 1. The molecule has 2 saturated heterocycles. The number of ether oxygens (including phenoxy) is 1. The maximum Gasteiger partial charge on any atom is 0.223 e. The topological polar surface area (TPSA) is 38.3 Å². The van der Waals surface area contributed by atoms with Gasteiger partial charge in [-0.2, -0.15) is 11.8 Å². The number of rotatable bonds is 3. The summed E-state index contributed by atoms with van der Waals surface area (Å²) in [5.74, 6) is 2.77. The molecule has 0 aromatic rings. The van der Waals surface area contributed by atoms with Crippen LogP contribution in [0, 0.1) is 5.92 Å². The van der Waals surface area contributed by atoms with Gasteiger partial charge in [-0.25, -0.2) is 0 Å². The van der Waals surface area contributed by atoms with Crippen LogP contribution in [0.5, 0.6) is 0 Å². The fourth-order valence-corrected chi connectivity index (χ4v) is 3.23. The van der Waals surface area contributed by atoms with Gasteiger partial charge in [0.15, 0.2) is 0 Å². The highest BCUT2D eigenvalue weighted by molar-refractivity contribution is 7.99. The number of amides is 1. The van der Waals surface area contributed by atoms with E-state index in [1.54, 1.807) is 0 Å². The first-order valence-corrected chi connectivity index (χ1v) is 6.99. The number of hydrogen-bond donors (Lipinski definition) is 1. The lowest BCUT2D eigenvalue weighted by molar-refractivity contribution is -0.125. The molecule has 1 atom stereocenters. The van der Waals surface area contributed by atoms with Crippen molar-refractivity contribution in [3.05, 3.63) is 0 Å². The summed E-state index contributed by atoms with van der Waals surface area (Å²) in [7, 11) is 0. The van der Waals surface area contributed by atoms with Crippen molar-refractivity contribution in [3.8, 4) is 0 Å². The molecule has 0 radical (unpaired) electrons. The summed E-state index contributed by atoms with van der Waals surface area (Å²) in [6, 6.07) is 0. The van der Waals surface area contributed by atoms with Crippen LogP contribution < -0.4 is 5.32 Å². The monoisotopic (exact) mass is 229 g/mol. The van der Waals surface area contributed by atoms with E-state index in [2.05, 4.69) is 5.32 Å². The zero-order valence-electron chi connectivity index (χ0n) is 9.04. The average Bonchev–Trinajstić information content (AvgIpc) is 2.80. The third kappa shape index (κ3) is 3.38. The minimum atomic E-state index is 0.241. The van der Waals surface area contributed by atoms with Crippen LogP contribution in [0.25, 0.3) is 0 Å². The lowest BCUT2D eigenvalue weighted by atomic mass is 10.0. The molecule has 1 unspecified atom stereocenters. The van der Waals surface area contributed by atoms with Crippen LogP contribution in [0.3, 0.4) is 0 Å². The third-order valence-corrected chi connectivity index (χ3v) is 4.17. The molecule has 0 saturated carbocycles. The van der Waals surface area contributed by atoms with Crippen molar-refractivity contribution in [2.24, 2.45) is 5.92 Å². The zero-order valence-corrected chi connectivity index (χ0v) is 9.85. The van der Waals surface area contributed by atoms with Gasteiger partial charge in [0.1, 0.15) is 0 Å². The summed E-state index contributed by atoms with van der Waals surface area (Å²) < 4.78 is 5.47. The molecular formula is C11H19NO2S. The molecule has 4 heteroatoms. The van der Waals surface area contributed by atoms with Crippen LogP contribution in [0.4, 0.5) is 0 Å². The molecule has 2 fully saturated rings. The van der Waals surface area contributed by atoms with Gasteiger partial charge in [-0.3, -0.25) is 4.79 Å². The van der Waals surface area contributed by atoms with Crippen LogP contribution in [-0.4, -0.2) is 36.7 Å². The van der Waals surface area contributed by atoms with E-state index in [0.29, 0.717) is 6.54 Å². The Bertz CT molecular complexity index is 211. The number of carbonyl (C=O) groups excluding carboxylic acids is 1. The molecule has 2 heterocycles. The van der Waals surface area contributed by atoms with Crippen molar-refractivity contribution >= 4 is 17.7 Å². The van der Waals surface area contributed by atoms with Crippen molar-refractivity contribution in [2.75, 3.05) is 24.7 Å². The second kappa shape index (κ2) is 5.75. The molecular weight excluding hydrogens is 210 g/mol. The second-order valence-corrected chi connectivity index (χ2v) is 5.49. The molecule has 2 rings (SSSR count). The summed E-state index contributed by atoms with van der Waals surface area (Å²) in [5.41, 5.74) is 0. The molecule has 2 aliphatic heterocycles. The largest absolute Gasteiger partial charge is 0.376 e. The molecule has 0 aromatic carbocycles. The van der Waals surface area contributed by atoms with Gasteiger partial charge in [0.25, 0.3) is 0 Å².